The van der Waals surface area contributed by atoms with Crippen LogP contribution in [0.3, 0.4) is 0 Å². The van der Waals surface area contributed by atoms with Crippen LogP contribution in [-0.4, -0.2) is 29.8 Å². The molecule has 0 saturated carbocycles. The molecular weight excluding hydrogens is 196 g/mol. The van der Waals surface area contributed by atoms with Gasteiger partial charge >= 0.3 is 0 Å². The first-order valence-electron chi connectivity index (χ1n) is 3.53. The Morgan fingerprint density at radius 1 is 1.75 bits per heavy atom. The summed E-state index contributed by atoms with van der Waals surface area (Å²) in [4.78, 5) is 1.01. The summed E-state index contributed by atoms with van der Waals surface area (Å²) in [7, 11) is 1.67. The number of hydrogen-bond donors (Lipinski definition) is 0. The van der Waals surface area contributed by atoms with Crippen LogP contribution in [0.15, 0.2) is 11.1 Å². The SMILES string of the molecule is COCCn1cc(SC)c(Cl)n1. The van der Waals surface area contributed by atoms with Crippen LogP contribution in [0.4, 0.5) is 0 Å². The van der Waals surface area contributed by atoms with Gasteiger partial charge in [0.1, 0.15) is 0 Å². The molecule has 0 saturated heterocycles. The lowest BCUT2D eigenvalue weighted by Crippen LogP contribution is -2.03. The van der Waals surface area contributed by atoms with Gasteiger partial charge in [-0.05, 0) is 6.26 Å². The van der Waals surface area contributed by atoms with Gasteiger partial charge in [0.25, 0.3) is 0 Å². The van der Waals surface area contributed by atoms with Crippen molar-refractivity contribution in [3.63, 3.8) is 0 Å². The van der Waals surface area contributed by atoms with Gasteiger partial charge in [-0.3, -0.25) is 4.68 Å². The number of aromatic nitrogens is 2. The maximum atomic E-state index is 5.83. The van der Waals surface area contributed by atoms with Gasteiger partial charge in [-0.15, -0.1) is 11.8 Å². The summed E-state index contributed by atoms with van der Waals surface area (Å²) in [5.74, 6) is 0. The van der Waals surface area contributed by atoms with Gasteiger partial charge in [-0.1, -0.05) is 11.6 Å². The monoisotopic (exact) mass is 206 g/mol. The lowest BCUT2D eigenvalue weighted by Gasteiger charge is -1.97. The van der Waals surface area contributed by atoms with E-state index < -0.39 is 0 Å². The van der Waals surface area contributed by atoms with Crippen LogP contribution >= 0.6 is 23.4 Å². The summed E-state index contributed by atoms with van der Waals surface area (Å²) in [6, 6.07) is 0. The Hall–Kier alpha value is -0.190. The molecule has 5 heteroatoms. The molecule has 3 nitrogen and oxygen atoms in total. The van der Waals surface area contributed by atoms with E-state index >= 15 is 0 Å². The fourth-order valence-electron chi connectivity index (χ4n) is 0.816. The predicted octanol–water partition coefficient (Wildman–Crippen LogP) is 1.90. The molecule has 0 aliphatic heterocycles. The van der Waals surface area contributed by atoms with Crippen molar-refractivity contribution >= 4 is 23.4 Å². The van der Waals surface area contributed by atoms with Crippen LogP contribution in [0.1, 0.15) is 0 Å². The lowest BCUT2D eigenvalue weighted by molar-refractivity contribution is 0.183. The Labute approximate surface area is 81.0 Å². The zero-order valence-electron chi connectivity index (χ0n) is 7.08. The summed E-state index contributed by atoms with van der Waals surface area (Å²) < 4.78 is 6.71. The minimum absolute atomic E-state index is 0.568. The van der Waals surface area contributed by atoms with E-state index in [1.54, 1.807) is 23.6 Å². The third-order valence-corrected chi connectivity index (χ3v) is 2.56. The van der Waals surface area contributed by atoms with Gasteiger partial charge in [-0.2, -0.15) is 5.10 Å². The maximum absolute atomic E-state index is 5.83. The molecule has 0 fully saturated rings. The van der Waals surface area contributed by atoms with Crippen molar-refractivity contribution in [1.29, 1.82) is 0 Å². The summed E-state index contributed by atoms with van der Waals surface area (Å²) in [5, 5.41) is 4.67. The first-order valence-corrected chi connectivity index (χ1v) is 5.14. The number of ether oxygens (including phenoxy) is 1. The smallest absolute Gasteiger partial charge is 0.164 e. The van der Waals surface area contributed by atoms with Crippen LogP contribution < -0.4 is 0 Å². The molecule has 0 unspecified atom stereocenters. The van der Waals surface area contributed by atoms with Crippen molar-refractivity contribution in [1.82, 2.24) is 9.78 Å². The molecular formula is C7H11ClN2OS. The topological polar surface area (TPSA) is 27.1 Å². The normalized spacial score (nSPS) is 10.6. The number of thioether (sulfide) groups is 1. The number of halogens is 1. The molecule has 0 radical (unpaired) electrons. The average molecular weight is 207 g/mol. The van der Waals surface area contributed by atoms with Gasteiger partial charge in [0.15, 0.2) is 5.15 Å². The van der Waals surface area contributed by atoms with Gasteiger partial charge < -0.3 is 4.74 Å². The molecule has 1 heterocycles. The third kappa shape index (κ3) is 2.40. The van der Waals surface area contributed by atoms with E-state index in [0.717, 1.165) is 11.4 Å². The quantitative estimate of drug-likeness (QED) is 0.705. The van der Waals surface area contributed by atoms with Crippen molar-refractivity contribution in [2.75, 3.05) is 20.0 Å². The molecule has 68 valence electrons. The molecule has 0 bridgehead atoms. The molecule has 0 aliphatic carbocycles. The van der Waals surface area contributed by atoms with E-state index in [1.807, 2.05) is 12.5 Å². The van der Waals surface area contributed by atoms with E-state index in [4.69, 9.17) is 16.3 Å². The molecule has 0 spiro atoms. The number of nitrogens with zero attached hydrogens (tertiary/aromatic N) is 2. The highest BCUT2D eigenvalue weighted by atomic mass is 35.5. The summed E-state index contributed by atoms with van der Waals surface area (Å²) in [6.07, 6.45) is 3.90. The first kappa shape index (κ1) is 9.89. The molecule has 0 amide bonds. The Morgan fingerprint density at radius 2 is 2.50 bits per heavy atom. The highest BCUT2D eigenvalue weighted by Gasteiger charge is 2.03. The fourth-order valence-corrected chi connectivity index (χ4v) is 1.63. The van der Waals surface area contributed by atoms with Crippen molar-refractivity contribution < 1.29 is 4.74 Å². The first-order chi connectivity index (χ1) is 5.77. The number of rotatable bonds is 4. The Morgan fingerprint density at radius 3 is 3.00 bits per heavy atom. The molecule has 0 aliphatic rings. The average Bonchev–Trinajstić information content (AvgIpc) is 2.43. The fraction of sp³-hybridized carbons (Fsp3) is 0.571. The summed E-state index contributed by atoms with van der Waals surface area (Å²) >= 11 is 7.42. The van der Waals surface area contributed by atoms with Crippen LogP contribution in [0.5, 0.6) is 0 Å². The van der Waals surface area contributed by atoms with Gasteiger partial charge in [-0.25, -0.2) is 0 Å². The zero-order chi connectivity index (χ0) is 8.97. The number of hydrogen-bond acceptors (Lipinski definition) is 3. The van der Waals surface area contributed by atoms with E-state index in [0.29, 0.717) is 11.8 Å². The minimum Gasteiger partial charge on any atom is -0.383 e. The summed E-state index contributed by atoms with van der Waals surface area (Å²) in [6.45, 7) is 1.41. The lowest BCUT2D eigenvalue weighted by atomic mass is 10.7. The van der Waals surface area contributed by atoms with E-state index in [1.165, 1.54) is 0 Å². The van der Waals surface area contributed by atoms with Gasteiger partial charge in [0.2, 0.25) is 0 Å². The minimum atomic E-state index is 0.568. The van der Waals surface area contributed by atoms with Crippen LogP contribution in [0.2, 0.25) is 5.15 Å². The zero-order valence-corrected chi connectivity index (χ0v) is 8.65. The standard InChI is InChI=1S/C7H11ClN2OS/c1-11-4-3-10-5-6(12-2)7(8)9-10/h5H,3-4H2,1-2H3. The predicted molar refractivity (Wildman–Crippen MR) is 50.9 cm³/mol. The second kappa shape index (κ2) is 4.74. The molecule has 1 aromatic heterocycles. The van der Waals surface area contributed by atoms with Gasteiger partial charge in [0, 0.05) is 13.3 Å². The Bertz CT molecular complexity index is 252. The van der Waals surface area contributed by atoms with Crippen molar-refractivity contribution in [2.24, 2.45) is 0 Å². The Balaban J connectivity index is 2.62. The Kier molecular flexibility index (Phi) is 3.91. The molecule has 12 heavy (non-hydrogen) atoms. The molecule has 0 aromatic carbocycles. The van der Waals surface area contributed by atoms with E-state index in [2.05, 4.69) is 5.10 Å². The molecule has 0 N–H and O–H groups in total. The van der Waals surface area contributed by atoms with Crippen molar-refractivity contribution in [3.05, 3.63) is 11.3 Å². The molecule has 1 rings (SSSR count). The number of methoxy groups -OCH3 is 1. The second-order valence-corrected chi connectivity index (χ2v) is 3.45. The maximum Gasteiger partial charge on any atom is 0.164 e. The largest absolute Gasteiger partial charge is 0.383 e. The van der Waals surface area contributed by atoms with E-state index in [-0.39, 0.29) is 0 Å². The van der Waals surface area contributed by atoms with Crippen LogP contribution in [0.25, 0.3) is 0 Å². The van der Waals surface area contributed by atoms with E-state index in [9.17, 15) is 0 Å². The van der Waals surface area contributed by atoms with Crippen LogP contribution in [-0.2, 0) is 11.3 Å². The van der Waals surface area contributed by atoms with Crippen LogP contribution in [0, 0.1) is 0 Å². The molecule has 0 atom stereocenters. The van der Waals surface area contributed by atoms with Crippen molar-refractivity contribution in [2.45, 2.75) is 11.4 Å². The second-order valence-electron chi connectivity index (χ2n) is 2.24. The van der Waals surface area contributed by atoms with Crippen molar-refractivity contribution in [3.8, 4) is 0 Å². The summed E-state index contributed by atoms with van der Waals surface area (Å²) in [5.41, 5.74) is 0. The highest BCUT2D eigenvalue weighted by molar-refractivity contribution is 7.98. The third-order valence-electron chi connectivity index (χ3n) is 1.43. The van der Waals surface area contributed by atoms with Gasteiger partial charge in [0.05, 0.1) is 18.0 Å². The molecule has 1 aromatic rings. The highest BCUT2D eigenvalue weighted by Crippen LogP contribution is 2.22.